The van der Waals surface area contributed by atoms with Gasteiger partial charge in [-0.15, -0.1) is 0 Å². The highest BCUT2D eigenvalue weighted by atomic mass is 19.4. The molecule has 3 rings (SSSR count). The molecule has 4 nitrogen and oxygen atoms in total. The molecule has 0 radical (unpaired) electrons. The minimum Gasteiger partial charge on any atom is -0.340 e. The van der Waals surface area contributed by atoms with Crippen LogP contribution in [0.5, 0.6) is 0 Å². The number of nitrogens with zero attached hydrogens (tertiary/aromatic N) is 2. The normalized spacial score (nSPS) is 28.9. The third-order valence-corrected chi connectivity index (χ3v) is 4.29. The van der Waals surface area contributed by atoms with Gasteiger partial charge in [-0.25, -0.2) is 0 Å². The van der Waals surface area contributed by atoms with Crippen molar-refractivity contribution >= 4 is 5.91 Å². The van der Waals surface area contributed by atoms with E-state index < -0.39 is 18.1 Å². The standard InChI is InChI=1S/C14H16F3N3O/c1-20-7-10(6-18-20)12(14(15,16)17)19-13(21)11-5-8-2-3-9(11)4-8/h2-3,6-9,11-12H,4-5H2,1H3,(H,19,21)/t8-,9-,11-,12+/m0/s1. The van der Waals surface area contributed by atoms with E-state index in [0.717, 1.165) is 12.6 Å². The molecule has 1 aromatic rings. The summed E-state index contributed by atoms with van der Waals surface area (Å²) in [7, 11) is 1.54. The zero-order valence-corrected chi connectivity index (χ0v) is 11.5. The van der Waals surface area contributed by atoms with Gasteiger partial charge in [0.15, 0.2) is 6.04 Å². The van der Waals surface area contributed by atoms with Crippen molar-refractivity contribution < 1.29 is 18.0 Å². The summed E-state index contributed by atoms with van der Waals surface area (Å²) in [5.41, 5.74) is -0.0444. The summed E-state index contributed by atoms with van der Waals surface area (Å²) < 4.78 is 40.8. The molecule has 114 valence electrons. The molecule has 21 heavy (non-hydrogen) atoms. The number of rotatable bonds is 3. The molecule has 0 aliphatic heterocycles. The second kappa shape index (κ2) is 4.89. The molecule has 4 atom stereocenters. The maximum absolute atomic E-state index is 13.2. The Morgan fingerprint density at radius 1 is 1.43 bits per heavy atom. The summed E-state index contributed by atoms with van der Waals surface area (Å²) in [6.45, 7) is 0. The van der Waals surface area contributed by atoms with Crippen LogP contribution in [0.4, 0.5) is 13.2 Å². The Hall–Kier alpha value is -1.79. The molecule has 1 fully saturated rings. The third kappa shape index (κ3) is 2.69. The minimum atomic E-state index is -4.54. The molecular weight excluding hydrogens is 283 g/mol. The van der Waals surface area contributed by atoms with Crippen LogP contribution in [0.25, 0.3) is 0 Å². The first kappa shape index (κ1) is 14.2. The van der Waals surface area contributed by atoms with E-state index in [4.69, 9.17) is 0 Å². The van der Waals surface area contributed by atoms with Crippen LogP contribution in [0.15, 0.2) is 24.5 Å². The highest BCUT2D eigenvalue weighted by Gasteiger charge is 2.46. The zero-order chi connectivity index (χ0) is 15.2. The van der Waals surface area contributed by atoms with E-state index in [1.807, 2.05) is 6.08 Å². The second-order valence-electron chi connectivity index (χ2n) is 5.82. The van der Waals surface area contributed by atoms with Crippen molar-refractivity contribution in [2.24, 2.45) is 24.8 Å². The summed E-state index contributed by atoms with van der Waals surface area (Å²) in [5.74, 6) is -0.439. The van der Waals surface area contributed by atoms with E-state index in [0.29, 0.717) is 12.3 Å². The summed E-state index contributed by atoms with van der Waals surface area (Å²) in [4.78, 5) is 12.2. The number of carbonyl (C=O) groups is 1. The number of fused-ring (bicyclic) bond motifs is 2. The third-order valence-electron chi connectivity index (χ3n) is 4.29. The molecular formula is C14H16F3N3O. The Morgan fingerprint density at radius 2 is 2.19 bits per heavy atom. The smallest absolute Gasteiger partial charge is 0.340 e. The number of halogens is 3. The highest BCUT2D eigenvalue weighted by Crippen LogP contribution is 2.44. The van der Waals surface area contributed by atoms with Crippen LogP contribution < -0.4 is 5.32 Å². The van der Waals surface area contributed by atoms with E-state index in [1.54, 1.807) is 7.05 Å². The average Bonchev–Trinajstić information content (AvgIpc) is 3.09. The number of aromatic nitrogens is 2. The molecule has 0 unspecified atom stereocenters. The molecule has 2 aliphatic rings. The Morgan fingerprint density at radius 3 is 2.67 bits per heavy atom. The van der Waals surface area contributed by atoms with Crippen LogP contribution in [-0.4, -0.2) is 21.9 Å². The molecule has 2 aliphatic carbocycles. The predicted octanol–water partition coefficient (Wildman–Crippen LogP) is 2.35. The van der Waals surface area contributed by atoms with Crippen molar-refractivity contribution in [1.82, 2.24) is 15.1 Å². The zero-order valence-electron chi connectivity index (χ0n) is 11.5. The fourth-order valence-corrected chi connectivity index (χ4v) is 3.27. The molecule has 7 heteroatoms. The number of hydrogen-bond donors (Lipinski definition) is 1. The van der Waals surface area contributed by atoms with E-state index in [9.17, 15) is 18.0 Å². The van der Waals surface area contributed by atoms with Gasteiger partial charge in [-0.2, -0.15) is 18.3 Å². The van der Waals surface area contributed by atoms with E-state index in [2.05, 4.69) is 16.5 Å². The van der Waals surface area contributed by atoms with Gasteiger partial charge in [0.1, 0.15) is 0 Å². The van der Waals surface area contributed by atoms with Crippen molar-refractivity contribution in [2.75, 3.05) is 0 Å². The van der Waals surface area contributed by atoms with Gasteiger partial charge < -0.3 is 5.32 Å². The lowest BCUT2D eigenvalue weighted by molar-refractivity contribution is -0.165. The number of amides is 1. The number of carbonyl (C=O) groups excluding carboxylic acids is 1. The Kier molecular flexibility index (Phi) is 3.30. The fraction of sp³-hybridized carbons (Fsp3) is 0.571. The van der Waals surface area contributed by atoms with Crippen molar-refractivity contribution in [3.8, 4) is 0 Å². The molecule has 0 spiro atoms. The van der Waals surface area contributed by atoms with Gasteiger partial charge in [-0.3, -0.25) is 9.48 Å². The average molecular weight is 299 g/mol. The first-order valence-corrected chi connectivity index (χ1v) is 6.88. The topological polar surface area (TPSA) is 46.9 Å². The number of alkyl halides is 3. The van der Waals surface area contributed by atoms with E-state index >= 15 is 0 Å². The lowest BCUT2D eigenvalue weighted by Crippen LogP contribution is -2.41. The maximum atomic E-state index is 13.2. The van der Waals surface area contributed by atoms with Crippen LogP contribution in [0.1, 0.15) is 24.4 Å². The monoisotopic (exact) mass is 299 g/mol. The lowest BCUT2D eigenvalue weighted by Gasteiger charge is -2.24. The van der Waals surface area contributed by atoms with Gasteiger partial charge in [-0.05, 0) is 24.7 Å². The Bertz CT molecular complexity index is 578. The summed E-state index contributed by atoms with van der Waals surface area (Å²) >= 11 is 0. The molecule has 1 saturated carbocycles. The molecule has 1 heterocycles. The first-order chi connectivity index (χ1) is 9.84. The molecule has 1 aromatic heterocycles. The van der Waals surface area contributed by atoms with Crippen LogP contribution in [0.2, 0.25) is 0 Å². The van der Waals surface area contributed by atoms with Gasteiger partial charge in [0.05, 0.1) is 6.20 Å². The van der Waals surface area contributed by atoms with Gasteiger partial charge in [0, 0.05) is 24.7 Å². The van der Waals surface area contributed by atoms with Crippen molar-refractivity contribution in [3.05, 3.63) is 30.1 Å². The first-order valence-electron chi connectivity index (χ1n) is 6.88. The van der Waals surface area contributed by atoms with Crippen LogP contribution >= 0.6 is 0 Å². The number of allylic oxidation sites excluding steroid dienone is 2. The van der Waals surface area contributed by atoms with Crippen LogP contribution in [0.3, 0.4) is 0 Å². The molecule has 1 amide bonds. The summed E-state index contributed by atoms with van der Waals surface area (Å²) in [6.07, 6.45) is 3.40. The second-order valence-corrected chi connectivity index (χ2v) is 5.82. The van der Waals surface area contributed by atoms with E-state index in [1.165, 1.54) is 10.9 Å². The summed E-state index contributed by atoms with van der Waals surface area (Å²) in [6, 6.07) is -2.00. The Labute approximate surface area is 120 Å². The summed E-state index contributed by atoms with van der Waals surface area (Å²) in [5, 5.41) is 5.91. The van der Waals surface area contributed by atoms with Gasteiger partial charge in [-0.1, -0.05) is 12.2 Å². The quantitative estimate of drug-likeness (QED) is 0.871. The molecule has 2 bridgehead atoms. The largest absolute Gasteiger partial charge is 0.412 e. The van der Waals surface area contributed by atoms with E-state index in [-0.39, 0.29) is 17.4 Å². The fourth-order valence-electron chi connectivity index (χ4n) is 3.27. The predicted molar refractivity (Wildman–Crippen MR) is 69.0 cm³/mol. The number of hydrogen-bond acceptors (Lipinski definition) is 2. The maximum Gasteiger partial charge on any atom is 0.412 e. The van der Waals surface area contributed by atoms with Crippen molar-refractivity contribution in [3.63, 3.8) is 0 Å². The molecule has 1 N–H and O–H groups in total. The highest BCUT2D eigenvalue weighted by molar-refractivity contribution is 5.80. The SMILES string of the molecule is Cn1cc([C@@H](NC(=O)[C@H]2C[C@H]3C=C[C@H]2C3)C(F)(F)F)cn1. The Balaban J connectivity index is 1.76. The van der Waals surface area contributed by atoms with Crippen LogP contribution in [-0.2, 0) is 11.8 Å². The molecule has 0 saturated heterocycles. The molecule has 0 aromatic carbocycles. The minimum absolute atomic E-state index is 0.0444. The number of nitrogens with one attached hydrogen (secondary N) is 1. The van der Waals surface area contributed by atoms with Gasteiger partial charge in [0.25, 0.3) is 0 Å². The van der Waals surface area contributed by atoms with Crippen LogP contribution in [0, 0.1) is 17.8 Å². The lowest BCUT2D eigenvalue weighted by atomic mass is 9.92. The number of aryl methyl sites for hydroxylation is 1. The van der Waals surface area contributed by atoms with Crippen molar-refractivity contribution in [1.29, 1.82) is 0 Å². The van der Waals surface area contributed by atoms with Gasteiger partial charge >= 0.3 is 6.18 Å². The van der Waals surface area contributed by atoms with Crippen molar-refractivity contribution in [2.45, 2.75) is 25.1 Å². The van der Waals surface area contributed by atoms with Gasteiger partial charge in [0.2, 0.25) is 5.91 Å².